The molecule has 5 rings (SSSR count). The number of carbonyl (C=O) groups is 2. The second-order valence-electron chi connectivity index (χ2n) is 13.1. The maximum absolute atomic E-state index is 15.9. The molecule has 0 heterocycles. The molecule has 0 aliphatic heterocycles. The molecule has 9 atom stereocenters. The van der Waals surface area contributed by atoms with Crippen molar-refractivity contribution in [2.45, 2.75) is 64.5 Å². The Labute approximate surface area is 252 Å². The molecule has 1 aromatic rings. The van der Waals surface area contributed by atoms with Gasteiger partial charge in [0.1, 0.15) is 12.8 Å². The number of rotatable bonds is 8. The molecule has 1 N–H and O–H groups in total. The summed E-state index contributed by atoms with van der Waals surface area (Å²) >= 11 is 6.05. The molecular formula is C31H39ClFNO7S. The number of carbonyl (C=O) groups excluding carboxylic acids is 2. The van der Waals surface area contributed by atoms with Crippen molar-refractivity contribution in [1.29, 1.82) is 0 Å². The van der Waals surface area contributed by atoms with E-state index in [1.807, 2.05) is 32.9 Å². The predicted molar refractivity (Wildman–Crippen MR) is 155 cm³/mol. The minimum atomic E-state index is -3.93. The molecule has 11 heteroatoms. The third-order valence-electron chi connectivity index (χ3n) is 10.5. The van der Waals surface area contributed by atoms with Gasteiger partial charge in [0.2, 0.25) is 0 Å². The fourth-order valence-electron chi connectivity index (χ4n) is 8.88. The van der Waals surface area contributed by atoms with Crippen LogP contribution in [0.15, 0.2) is 48.1 Å². The van der Waals surface area contributed by atoms with Crippen molar-refractivity contribution < 1.29 is 36.5 Å². The van der Waals surface area contributed by atoms with Crippen molar-refractivity contribution in [1.82, 2.24) is 5.06 Å². The maximum atomic E-state index is 15.9. The Morgan fingerprint density at radius 3 is 2.52 bits per heavy atom. The van der Waals surface area contributed by atoms with E-state index in [-0.39, 0.29) is 36.4 Å². The third kappa shape index (κ3) is 5.12. The van der Waals surface area contributed by atoms with Gasteiger partial charge in [-0.1, -0.05) is 50.6 Å². The molecule has 42 heavy (non-hydrogen) atoms. The summed E-state index contributed by atoms with van der Waals surface area (Å²) in [5.74, 6) is -2.12. The molecule has 0 aromatic heterocycles. The number of halogens is 2. The van der Waals surface area contributed by atoms with Crippen molar-refractivity contribution >= 4 is 33.3 Å². The highest BCUT2D eigenvalue weighted by Gasteiger charge is 2.73. The Bertz CT molecular complexity index is 1430. The zero-order valence-electron chi connectivity index (χ0n) is 24.5. The lowest BCUT2D eigenvalue weighted by atomic mass is 9.46. The zero-order valence-corrected chi connectivity index (χ0v) is 26.1. The van der Waals surface area contributed by atoms with Gasteiger partial charge in [-0.15, -0.1) is 0 Å². The number of allylic oxidation sites excluding steroid dienone is 4. The molecule has 3 fully saturated rings. The Morgan fingerprint density at radius 1 is 1.21 bits per heavy atom. The number of ketones is 2. The first-order valence-electron chi connectivity index (χ1n) is 14.3. The number of aliphatic hydroxyl groups is 1. The van der Waals surface area contributed by atoms with Gasteiger partial charge < -0.3 is 5.11 Å². The first kappa shape index (κ1) is 31.5. The van der Waals surface area contributed by atoms with Crippen LogP contribution in [0.2, 0.25) is 5.02 Å². The van der Waals surface area contributed by atoms with Gasteiger partial charge in [-0.05, 0) is 72.4 Å². The van der Waals surface area contributed by atoms with Crippen molar-refractivity contribution in [2.24, 2.45) is 34.5 Å². The number of hydrogen-bond donors (Lipinski definition) is 1. The van der Waals surface area contributed by atoms with E-state index in [2.05, 4.69) is 0 Å². The quantitative estimate of drug-likeness (QED) is 0.334. The number of Topliss-reactive ketones (excluding diaryl/α,β-unsaturated/α-hetero) is 1. The molecule has 0 bridgehead atoms. The molecule has 8 nitrogen and oxygen atoms in total. The van der Waals surface area contributed by atoms with Gasteiger partial charge >= 0.3 is 0 Å². The normalized spacial score (nSPS) is 39.5. The lowest BCUT2D eigenvalue weighted by Gasteiger charge is -2.60. The molecule has 2 unspecified atom stereocenters. The molecule has 0 spiro atoms. The van der Waals surface area contributed by atoms with Crippen LogP contribution >= 0.6 is 11.6 Å². The van der Waals surface area contributed by atoms with Crippen molar-refractivity contribution in [3.8, 4) is 0 Å². The summed E-state index contributed by atoms with van der Waals surface area (Å²) in [6.07, 6.45) is 3.91. The van der Waals surface area contributed by atoms with E-state index in [1.165, 1.54) is 12.2 Å². The topological polar surface area (TPSA) is 110 Å². The van der Waals surface area contributed by atoms with Crippen molar-refractivity contribution in [3.63, 3.8) is 0 Å². The van der Waals surface area contributed by atoms with Crippen LogP contribution in [0.1, 0.15) is 45.6 Å². The average molecular weight is 624 g/mol. The number of nitrogens with zero attached hydrogens (tertiary/aromatic N) is 1. The lowest BCUT2D eigenvalue weighted by Crippen LogP contribution is -2.65. The highest BCUT2D eigenvalue weighted by molar-refractivity contribution is 7.86. The number of aliphatic hydroxyl groups excluding tert-OH is 1. The Kier molecular flexibility index (Phi) is 8.16. The van der Waals surface area contributed by atoms with E-state index < -0.39 is 57.1 Å². The van der Waals surface area contributed by atoms with E-state index >= 15 is 4.39 Å². The van der Waals surface area contributed by atoms with Gasteiger partial charge in [-0.3, -0.25) is 18.6 Å². The minimum Gasteiger partial charge on any atom is -0.393 e. The highest BCUT2D eigenvalue weighted by Crippen LogP contribution is 2.69. The van der Waals surface area contributed by atoms with Gasteiger partial charge in [-0.25, -0.2) is 4.39 Å². The summed E-state index contributed by atoms with van der Waals surface area (Å²) in [5, 5.41) is 14.0. The summed E-state index contributed by atoms with van der Waals surface area (Å²) < 4.78 is 44.7. The first-order valence-corrected chi connectivity index (χ1v) is 16.5. The zero-order chi connectivity index (χ0) is 30.8. The highest BCUT2D eigenvalue weighted by atomic mass is 35.5. The van der Waals surface area contributed by atoms with Crippen LogP contribution < -0.4 is 0 Å². The van der Waals surface area contributed by atoms with Crippen LogP contribution in [0.3, 0.4) is 0 Å². The number of fused-ring (bicyclic) bond motifs is 5. The Hall–Kier alpha value is -1.95. The SMILES string of the molecule is C[C@@H]1CC2[C@@H]3C[C@H](F)C4=CC(=O)C=C[C@]4(C)C3[C@@H](O)C[C@]2(C)[C@@]1(ON(C)Cc1ccc(Cl)cc1)C(=O)COS(C)(=O)=O. The minimum absolute atomic E-state index is 0.113. The second-order valence-corrected chi connectivity index (χ2v) is 15.2. The number of hydrogen-bond acceptors (Lipinski definition) is 8. The van der Waals surface area contributed by atoms with Gasteiger partial charge in [-0.2, -0.15) is 13.5 Å². The molecule has 0 saturated heterocycles. The molecule has 3 saturated carbocycles. The molecular weight excluding hydrogens is 585 g/mol. The van der Waals surface area contributed by atoms with Gasteiger partial charge in [0.05, 0.1) is 12.4 Å². The third-order valence-corrected chi connectivity index (χ3v) is 11.3. The fourth-order valence-corrected chi connectivity index (χ4v) is 9.33. The molecule has 0 amide bonds. The van der Waals surface area contributed by atoms with E-state index in [0.29, 0.717) is 23.6 Å². The Morgan fingerprint density at radius 2 is 1.88 bits per heavy atom. The lowest BCUT2D eigenvalue weighted by molar-refractivity contribution is -0.287. The van der Waals surface area contributed by atoms with Gasteiger partial charge in [0.25, 0.3) is 10.1 Å². The second kappa shape index (κ2) is 10.9. The summed E-state index contributed by atoms with van der Waals surface area (Å²) in [6.45, 7) is 5.26. The van der Waals surface area contributed by atoms with Crippen LogP contribution in [0.4, 0.5) is 4.39 Å². The molecule has 230 valence electrons. The van der Waals surface area contributed by atoms with Crippen LogP contribution in [-0.2, 0) is 35.3 Å². The molecule has 0 radical (unpaired) electrons. The van der Waals surface area contributed by atoms with Crippen LogP contribution in [-0.4, -0.2) is 67.9 Å². The number of benzene rings is 1. The largest absolute Gasteiger partial charge is 0.393 e. The van der Waals surface area contributed by atoms with Gasteiger partial charge in [0, 0.05) is 35.4 Å². The summed E-state index contributed by atoms with van der Waals surface area (Å²) in [5.41, 5.74) is -2.11. The smallest absolute Gasteiger partial charge is 0.264 e. The monoisotopic (exact) mass is 623 g/mol. The standard InChI is InChI=1S/C31H39ClFNO7S/c1-18-12-23-22-14-25(33)24-13-21(35)10-11-29(24,2)28(22)26(36)15-30(23,3)31(18,27(37)17-40-42(5,38)39)41-34(4)16-19-6-8-20(32)9-7-19/h6-11,13,18,22-23,25-26,28,36H,12,14-17H2,1-5H3/t18-,22+,23?,25+,26+,28?,29+,30+,31+/m1/s1. The first-order chi connectivity index (χ1) is 19.5. The number of alkyl halides is 1. The average Bonchev–Trinajstić information content (AvgIpc) is 3.11. The Balaban J connectivity index is 1.55. The maximum Gasteiger partial charge on any atom is 0.264 e. The van der Waals surface area contributed by atoms with Crippen molar-refractivity contribution in [2.75, 3.05) is 19.9 Å². The van der Waals surface area contributed by atoms with Gasteiger partial charge in [0.15, 0.2) is 17.2 Å². The van der Waals surface area contributed by atoms with E-state index in [9.17, 15) is 23.1 Å². The molecule has 4 aliphatic rings. The van der Waals surface area contributed by atoms with Crippen LogP contribution in [0.25, 0.3) is 0 Å². The van der Waals surface area contributed by atoms with Crippen LogP contribution in [0, 0.1) is 34.5 Å². The fraction of sp³-hybridized carbons (Fsp3) is 0.613. The summed E-state index contributed by atoms with van der Waals surface area (Å²) in [6, 6.07) is 7.20. The molecule has 4 aliphatic carbocycles. The molecule has 1 aromatic carbocycles. The van der Waals surface area contributed by atoms with E-state index in [4.69, 9.17) is 20.6 Å². The number of hydroxylamine groups is 2. The summed E-state index contributed by atoms with van der Waals surface area (Å²) in [7, 11) is -2.23. The predicted octanol–water partition coefficient (Wildman–Crippen LogP) is 4.46. The van der Waals surface area contributed by atoms with Crippen molar-refractivity contribution in [3.05, 3.63) is 58.7 Å². The summed E-state index contributed by atoms with van der Waals surface area (Å²) in [4.78, 5) is 33.0. The van der Waals surface area contributed by atoms with E-state index in [0.717, 1.165) is 11.8 Å². The van der Waals surface area contributed by atoms with E-state index in [1.54, 1.807) is 30.3 Å². The van der Waals surface area contributed by atoms with Crippen LogP contribution in [0.5, 0.6) is 0 Å².